The summed E-state index contributed by atoms with van der Waals surface area (Å²) in [7, 11) is 1.55. The van der Waals surface area contributed by atoms with Crippen LogP contribution < -0.4 is 15.4 Å². The molecule has 0 saturated carbocycles. The molecule has 2 aromatic rings. The Hall–Kier alpha value is -2.87. The van der Waals surface area contributed by atoms with Crippen LogP contribution in [-0.4, -0.2) is 55.4 Å². The van der Waals surface area contributed by atoms with Gasteiger partial charge in [-0.25, -0.2) is 0 Å². The van der Waals surface area contributed by atoms with Crippen molar-refractivity contribution in [3.05, 3.63) is 52.2 Å². The monoisotopic (exact) mass is 457 g/mol. The minimum absolute atomic E-state index is 0.0275. The number of likely N-dealkylation sites (tertiary alicyclic amines) is 1. The lowest BCUT2D eigenvalue weighted by molar-refractivity contribution is -0.124. The number of benzene rings is 1. The normalized spacial score (nSPS) is 15.3. The Bertz CT molecular complexity index is 921. The first-order chi connectivity index (χ1) is 15.4. The van der Waals surface area contributed by atoms with Crippen LogP contribution in [-0.2, 0) is 4.79 Å². The van der Waals surface area contributed by atoms with E-state index < -0.39 is 6.04 Å². The minimum atomic E-state index is -0.661. The van der Waals surface area contributed by atoms with Gasteiger partial charge >= 0.3 is 0 Å². The number of rotatable bonds is 8. The second-order valence-electron chi connectivity index (χ2n) is 8.43. The van der Waals surface area contributed by atoms with Crippen molar-refractivity contribution in [2.75, 3.05) is 26.7 Å². The molecule has 1 aliphatic heterocycles. The first kappa shape index (κ1) is 23.8. The molecule has 1 atom stereocenters. The summed E-state index contributed by atoms with van der Waals surface area (Å²) >= 11 is 1.43. The van der Waals surface area contributed by atoms with Crippen LogP contribution in [0.4, 0.5) is 0 Å². The second-order valence-corrected chi connectivity index (χ2v) is 9.38. The summed E-state index contributed by atoms with van der Waals surface area (Å²) in [6.07, 6.45) is 1.30. The Balaban J connectivity index is 1.69. The van der Waals surface area contributed by atoms with Gasteiger partial charge in [-0.15, -0.1) is 11.3 Å². The van der Waals surface area contributed by atoms with Gasteiger partial charge in [-0.05, 0) is 54.3 Å². The third-order valence-electron chi connectivity index (χ3n) is 5.62. The van der Waals surface area contributed by atoms with E-state index in [9.17, 15) is 14.4 Å². The molecular weight excluding hydrogens is 426 g/mol. The average molecular weight is 458 g/mol. The fourth-order valence-corrected chi connectivity index (χ4v) is 4.48. The van der Waals surface area contributed by atoms with Crippen LogP contribution in [0.3, 0.4) is 0 Å². The maximum atomic E-state index is 13.0. The van der Waals surface area contributed by atoms with Crippen LogP contribution >= 0.6 is 11.3 Å². The summed E-state index contributed by atoms with van der Waals surface area (Å²) in [4.78, 5) is 41.1. The highest BCUT2D eigenvalue weighted by molar-refractivity contribution is 7.12. The lowest BCUT2D eigenvalue weighted by Crippen LogP contribution is -2.54. The lowest BCUT2D eigenvalue weighted by atomic mass is 9.88. The maximum Gasteiger partial charge on any atom is 0.263 e. The van der Waals surface area contributed by atoms with Crippen LogP contribution in [0.1, 0.15) is 46.7 Å². The predicted octanol–water partition coefficient (Wildman–Crippen LogP) is 3.18. The van der Waals surface area contributed by atoms with Gasteiger partial charge in [-0.1, -0.05) is 26.0 Å². The maximum absolute atomic E-state index is 13.0. The SMILES string of the molecule is COc1cccc(C(=O)N[C@H](C(=O)NCC(C)C)C2CCN(C(=O)c3cccs3)CC2)c1. The van der Waals surface area contributed by atoms with Gasteiger partial charge in [-0.2, -0.15) is 0 Å². The van der Waals surface area contributed by atoms with Gasteiger partial charge < -0.3 is 20.3 Å². The number of ether oxygens (including phenoxy) is 1. The summed E-state index contributed by atoms with van der Waals surface area (Å²) in [5.41, 5.74) is 0.441. The number of carbonyl (C=O) groups excluding carboxylic acids is 3. The molecule has 1 aliphatic rings. The predicted molar refractivity (Wildman–Crippen MR) is 125 cm³/mol. The van der Waals surface area contributed by atoms with E-state index in [1.54, 1.807) is 31.4 Å². The fraction of sp³-hybridized carbons (Fsp3) is 0.458. The molecule has 8 heteroatoms. The van der Waals surface area contributed by atoms with Crippen molar-refractivity contribution in [2.45, 2.75) is 32.7 Å². The van der Waals surface area contributed by atoms with Crippen LogP contribution in [0.15, 0.2) is 41.8 Å². The molecule has 3 rings (SSSR count). The van der Waals surface area contributed by atoms with Crippen LogP contribution in [0.2, 0.25) is 0 Å². The molecule has 2 heterocycles. The summed E-state index contributed by atoms with van der Waals surface area (Å²) in [6.45, 7) is 5.71. The minimum Gasteiger partial charge on any atom is -0.497 e. The van der Waals surface area contributed by atoms with Gasteiger partial charge in [0.2, 0.25) is 5.91 Å². The number of piperidine rings is 1. The number of hydrogen-bond donors (Lipinski definition) is 2. The first-order valence-corrected chi connectivity index (χ1v) is 11.8. The fourth-order valence-electron chi connectivity index (χ4n) is 3.79. The molecule has 1 aromatic carbocycles. The molecule has 0 spiro atoms. The van der Waals surface area contributed by atoms with E-state index in [1.807, 2.05) is 36.3 Å². The van der Waals surface area contributed by atoms with Crippen LogP contribution in [0.25, 0.3) is 0 Å². The Labute approximate surface area is 193 Å². The molecule has 0 bridgehead atoms. The third kappa shape index (κ3) is 6.09. The molecule has 2 N–H and O–H groups in total. The third-order valence-corrected chi connectivity index (χ3v) is 6.47. The quantitative estimate of drug-likeness (QED) is 0.637. The summed E-state index contributed by atoms with van der Waals surface area (Å²) in [5, 5.41) is 7.79. The molecule has 0 unspecified atom stereocenters. The smallest absolute Gasteiger partial charge is 0.263 e. The van der Waals surface area contributed by atoms with Gasteiger partial charge in [-0.3, -0.25) is 14.4 Å². The number of amides is 3. The molecule has 0 radical (unpaired) electrons. The molecule has 1 saturated heterocycles. The Kier molecular flexibility index (Phi) is 8.27. The van der Waals surface area contributed by atoms with Gasteiger partial charge in [0.05, 0.1) is 12.0 Å². The van der Waals surface area contributed by atoms with E-state index in [4.69, 9.17) is 4.74 Å². The van der Waals surface area contributed by atoms with E-state index in [-0.39, 0.29) is 23.6 Å². The zero-order valence-corrected chi connectivity index (χ0v) is 19.6. The zero-order chi connectivity index (χ0) is 23.1. The number of thiophene rings is 1. The summed E-state index contributed by atoms with van der Waals surface area (Å²) in [5.74, 6) is 0.366. The van der Waals surface area contributed by atoms with Gasteiger partial charge in [0.1, 0.15) is 11.8 Å². The molecule has 32 heavy (non-hydrogen) atoms. The molecule has 7 nitrogen and oxygen atoms in total. The zero-order valence-electron chi connectivity index (χ0n) is 18.8. The first-order valence-electron chi connectivity index (χ1n) is 10.9. The van der Waals surface area contributed by atoms with Crippen LogP contribution in [0.5, 0.6) is 5.75 Å². The molecule has 3 amide bonds. The van der Waals surface area contributed by atoms with E-state index in [0.29, 0.717) is 49.7 Å². The highest BCUT2D eigenvalue weighted by atomic mass is 32.1. The number of nitrogens with one attached hydrogen (secondary N) is 2. The van der Waals surface area contributed by atoms with Crippen molar-refractivity contribution in [1.82, 2.24) is 15.5 Å². The Morgan fingerprint density at radius 2 is 1.91 bits per heavy atom. The van der Waals surface area contributed by atoms with Gasteiger partial charge in [0, 0.05) is 25.2 Å². The van der Waals surface area contributed by atoms with E-state index in [2.05, 4.69) is 10.6 Å². The van der Waals surface area contributed by atoms with Crippen molar-refractivity contribution >= 4 is 29.1 Å². The summed E-state index contributed by atoms with van der Waals surface area (Å²) in [6, 6.07) is 9.90. The Morgan fingerprint density at radius 1 is 1.16 bits per heavy atom. The van der Waals surface area contributed by atoms with Crippen molar-refractivity contribution in [1.29, 1.82) is 0 Å². The average Bonchev–Trinajstić information content (AvgIpc) is 3.35. The topological polar surface area (TPSA) is 87.7 Å². The summed E-state index contributed by atoms with van der Waals surface area (Å²) < 4.78 is 5.21. The number of methoxy groups -OCH3 is 1. The van der Waals surface area contributed by atoms with Crippen molar-refractivity contribution in [3.63, 3.8) is 0 Å². The largest absolute Gasteiger partial charge is 0.497 e. The molecular formula is C24H31N3O4S. The van der Waals surface area contributed by atoms with Crippen molar-refractivity contribution in [2.24, 2.45) is 11.8 Å². The molecule has 1 aromatic heterocycles. The van der Waals surface area contributed by atoms with E-state index in [1.165, 1.54) is 11.3 Å². The highest BCUT2D eigenvalue weighted by Crippen LogP contribution is 2.24. The highest BCUT2D eigenvalue weighted by Gasteiger charge is 2.34. The van der Waals surface area contributed by atoms with Gasteiger partial charge in [0.25, 0.3) is 11.8 Å². The van der Waals surface area contributed by atoms with Crippen molar-refractivity contribution in [3.8, 4) is 5.75 Å². The second kappa shape index (κ2) is 11.1. The standard InChI is InChI=1S/C24H31N3O4S/c1-16(2)15-25-23(29)21(26-22(28)18-6-4-7-19(14-18)31-3)17-9-11-27(12-10-17)24(30)20-8-5-13-32-20/h4-8,13-14,16-17,21H,9-12,15H2,1-3H3,(H,25,29)(H,26,28)/t21-/m0/s1. The number of nitrogens with zero attached hydrogens (tertiary/aromatic N) is 1. The van der Waals surface area contributed by atoms with E-state index in [0.717, 1.165) is 4.88 Å². The van der Waals surface area contributed by atoms with E-state index >= 15 is 0 Å². The lowest BCUT2D eigenvalue weighted by Gasteiger charge is -2.35. The molecule has 172 valence electrons. The number of hydrogen-bond acceptors (Lipinski definition) is 5. The van der Waals surface area contributed by atoms with Gasteiger partial charge in [0.15, 0.2) is 0 Å². The van der Waals surface area contributed by atoms with Crippen molar-refractivity contribution < 1.29 is 19.1 Å². The van der Waals surface area contributed by atoms with Crippen LogP contribution in [0, 0.1) is 11.8 Å². The number of carbonyl (C=O) groups is 3. The molecule has 0 aliphatic carbocycles. The Morgan fingerprint density at radius 3 is 2.53 bits per heavy atom. The molecule has 1 fully saturated rings.